The largest absolute Gasteiger partial charge is 0.352 e. The van der Waals surface area contributed by atoms with Crippen LogP contribution in [0.1, 0.15) is 10.4 Å². The third-order valence-electron chi connectivity index (χ3n) is 3.29. The predicted molar refractivity (Wildman–Crippen MR) is 88.2 cm³/mol. The molecule has 3 rings (SSSR count). The van der Waals surface area contributed by atoms with Gasteiger partial charge in [-0.05, 0) is 36.4 Å². The Hall–Kier alpha value is -3.35. The topological polar surface area (TPSA) is 54.0 Å². The third kappa shape index (κ3) is 4.14. The SMILES string of the molecule is O=C(Nc1cccc(F)c1)c1cncc(Nc2ccc(F)cc2F)c1. The summed E-state index contributed by atoms with van der Waals surface area (Å²) in [5.74, 6) is -2.43. The van der Waals surface area contributed by atoms with E-state index in [-0.39, 0.29) is 11.3 Å². The highest BCUT2D eigenvalue weighted by Gasteiger charge is 2.10. The predicted octanol–water partition coefficient (Wildman–Crippen LogP) is 4.49. The normalized spacial score (nSPS) is 10.4. The van der Waals surface area contributed by atoms with Gasteiger partial charge in [-0.1, -0.05) is 6.07 Å². The molecule has 0 atom stereocenters. The van der Waals surface area contributed by atoms with Gasteiger partial charge in [0.1, 0.15) is 17.5 Å². The highest BCUT2D eigenvalue weighted by Crippen LogP contribution is 2.21. The lowest BCUT2D eigenvalue weighted by atomic mass is 10.2. The quantitative estimate of drug-likeness (QED) is 0.734. The van der Waals surface area contributed by atoms with Crippen LogP contribution in [0.4, 0.5) is 30.2 Å². The number of hydrogen-bond acceptors (Lipinski definition) is 3. The molecule has 2 N–H and O–H groups in total. The lowest BCUT2D eigenvalue weighted by Gasteiger charge is -2.09. The van der Waals surface area contributed by atoms with Gasteiger partial charge in [0, 0.05) is 18.0 Å². The van der Waals surface area contributed by atoms with Crippen molar-refractivity contribution in [3.63, 3.8) is 0 Å². The first-order chi connectivity index (χ1) is 12.0. The number of benzene rings is 2. The first-order valence-corrected chi connectivity index (χ1v) is 7.25. The number of carbonyl (C=O) groups is 1. The summed E-state index contributed by atoms with van der Waals surface area (Å²) >= 11 is 0. The molecule has 7 heteroatoms. The van der Waals surface area contributed by atoms with E-state index in [9.17, 15) is 18.0 Å². The number of hydrogen-bond donors (Lipinski definition) is 2. The first-order valence-electron chi connectivity index (χ1n) is 7.25. The van der Waals surface area contributed by atoms with Crippen molar-refractivity contribution in [3.8, 4) is 0 Å². The fraction of sp³-hybridized carbons (Fsp3) is 0. The number of rotatable bonds is 4. The van der Waals surface area contributed by atoms with Gasteiger partial charge in [0.25, 0.3) is 5.91 Å². The van der Waals surface area contributed by atoms with Crippen LogP contribution in [0.3, 0.4) is 0 Å². The van der Waals surface area contributed by atoms with Crippen LogP contribution in [0, 0.1) is 17.5 Å². The van der Waals surface area contributed by atoms with Crippen molar-refractivity contribution in [2.45, 2.75) is 0 Å². The van der Waals surface area contributed by atoms with Gasteiger partial charge in [0.15, 0.2) is 0 Å². The molecule has 2 aromatic carbocycles. The molecular weight excluding hydrogens is 331 g/mol. The van der Waals surface area contributed by atoms with E-state index in [1.54, 1.807) is 6.07 Å². The van der Waals surface area contributed by atoms with Crippen LogP contribution < -0.4 is 10.6 Å². The zero-order chi connectivity index (χ0) is 17.8. The minimum absolute atomic E-state index is 0.0471. The number of aromatic nitrogens is 1. The van der Waals surface area contributed by atoms with Crippen molar-refractivity contribution in [1.29, 1.82) is 0 Å². The molecule has 0 spiro atoms. The van der Waals surface area contributed by atoms with E-state index >= 15 is 0 Å². The average molecular weight is 343 g/mol. The molecule has 0 aliphatic heterocycles. The van der Waals surface area contributed by atoms with E-state index in [0.717, 1.165) is 12.1 Å². The van der Waals surface area contributed by atoms with Gasteiger partial charge in [-0.25, -0.2) is 13.2 Å². The Morgan fingerprint density at radius 3 is 2.44 bits per heavy atom. The molecule has 25 heavy (non-hydrogen) atoms. The molecule has 126 valence electrons. The Bertz CT molecular complexity index is 931. The maximum absolute atomic E-state index is 13.7. The van der Waals surface area contributed by atoms with Crippen molar-refractivity contribution in [3.05, 3.63) is 83.9 Å². The van der Waals surface area contributed by atoms with Gasteiger partial charge in [0.2, 0.25) is 0 Å². The summed E-state index contributed by atoms with van der Waals surface area (Å²) in [4.78, 5) is 16.1. The van der Waals surface area contributed by atoms with Crippen LogP contribution in [0.2, 0.25) is 0 Å². The maximum Gasteiger partial charge on any atom is 0.257 e. The zero-order valence-electron chi connectivity index (χ0n) is 12.8. The Balaban J connectivity index is 1.77. The van der Waals surface area contributed by atoms with E-state index < -0.39 is 23.4 Å². The molecule has 1 aromatic heterocycles. The van der Waals surface area contributed by atoms with E-state index in [2.05, 4.69) is 15.6 Å². The van der Waals surface area contributed by atoms with Gasteiger partial charge in [0.05, 0.1) is 23.1 Å². The molecule has 0 saturated carbocycles. The van der Waals surface area contributed by atoms with Gasteiger partial charge >= 0.3 is 0 Å². The monoisotopic (exact) mass is 343 g/mol. The summed E-state index contributed by atoms with van der Waals surface area (Å²) in [5.41, 5.74) is 0.882. The van der Waals surface area contributed by atoms with Crippen molar-refractivity contribution in [1.82, 2.24) is 4.98 Å². The molecule has 0 fully saturated rings. The second kappa shape index (κ2) is 7.04. The number of nitrogens with zero attached hydrogens (tertiary/aromatic N) is 1. The summed E-state index contributed by atoms with van der Waals surface area (Å²) in [6.45, 7) is 0. The number of carbonyl (C=O) groups excluding carboxylic acids is 1. The van der Waals surface area contributed by atoms with Crippen LogP contribution in [-0.4, -0.2) is 10.9 Å². The lowest BCUT2D eigenvalue weighted by molar-refractivity contribution is 0.102. The molecule has 4 nitrogen and oxygen atoms in total. The second-order valence-electron chi connectivity index (χ2n) is 5.18. The zero-order valence-corrected chi connectivity index (χ0v) is 12.8. The summed E-state index contributed by atoms with van der Waals surface area (Å²) < 4.78 is 39.8. The van der Waals surface area contributed by atoms with Gasteiger partial charge in [-0.2, -0.15) is 0 Å². The summed E-state index contributed by atoms with van der Waals surface area (Å²) in [6, 6.07) is 10.0. The third-order valence-corrected chi connectivity index (χ3v) is 3.29. The number of pyridine rings is 1. The summed E-state index contributed by atoms with van der Waals surface area (Å²) in [7, 11) is 0. The first kappa shape index (κ1) is 16.5. The maximum atomic E-state index is 13.7. The fourth-order valence-electron chi connectivity index (χ4n) is 2.15. The Kier molecular flexibility index (Phi) is 4.65. The van der Waals surface area contributed by atoms with Crippen LogP contribution >= 0.6 is 0 Å². The molecule has 1 amide bonds. The van der Waals surface area contributed by atoms with Crippen LogP contribution in [0.15, 0.2) is 60.9 Å². The number of halogens is 3. The molecule has 0 unspecified atom stereocenters. The lowest BCUT2D eigenvalue weighted by Crippen LogP contribution is -2.12. The second-order valence-corrected chi connectivity index (χ2v) is 5.18. The van der Waals surface area contributed by atoms with Crippen molar-refractivity contribution in [2.24, 2.45) is 0 Å². The Labute approximate surface area is 141 Å². The Morgan fingerprint density at radius 2 is 1.68 bits per heavy atom. The highest BCUT2D eigenvalue weighted by molar-refractivity contribution is 6.04. The number of anilines is 3. The van der Waals surface area contributed by atoms with Crippen LogP contribution in [-0.2, 0) is 0 Å². The van der Waals surface area contributed by atoms with Crippen molar-refractivity contribution in [2.75, 3.05) is 10.6 Å². The molecule has 0 aliphatic rings. The molecule has 1 heterocycles. The van der Waals surface area contributed by atoms with Crippen molar-refractivity contribution < 1.29 is 18.0 Å². The smallest absolute Gasteiger partial charge is 0.257 e. The molecule has 0 saturated heterocycles. The molecule has 0 aliphatic carbocycles. The average Bonchev–Trinajstić information content (AvgIpc) is 2.58. The van der Waals surface area contributed by atoms with Gasteiger partial charge in [-0.15, -0.1) is 0 Å². The summed E-state index contributed by atoms with van der Waals surface area (Å²) in [6.07, 6.45) is 2.71. The standard InChI is InChI=1S/C18H12F3N3O/c19-12-2-1-3-14(7-12)24-18(25)11-6-15(10-22-9-11)23-17-5-4-13(20)8-16(17)21/h1-10,23H,(H,24,25). The molecule has 3 aromatic rings. The van der Waals surface area contributed by atoms with E-state index in [1.165, 1.54) is 42.7 Å². The van der Waals surface area contributed by atoms with Gasteiger partial charge < -0.3 is 10.6 Å². The van der Waals surface area contributed by atoms with Gasteiger partial charge in [-0.3, -0.25) is 9.78 Å². The number of amides is 1. The molecular formula is C18H12F3N3O. The summed E-state index contributed by atoms with van der Waals surface area (Å²) in [5, 5.41) is 5.26. The van der Waals surface area contributed by atoms with Crippen LogP contribution in [0.5, 0.6) is 0 Å². The van der Waals surface area contributed by atoms with E-state index in [0.29, 0.717) is 11.4 Å². The highest BCUT2D eigenvalue weighted by atomic mass is 19.1. The van der Waals surface area contributed by atoms with E-state index in [4.69, 9.17) is 0 Å². The molecule has 0 radical (unpaired) electrons. The minimum Gasteiger partial charge on any atom is -0.352 e. The molecule has 0 bridgehead atoms. The Morgan fingerprint density at radius 1 is 0.880 bits per heavy atom. The fourth-order valence-corrected chi connectivity index (χ4v) is 2.15. The van der Waals surface area contributed by atoms with Crippen molar-refractivity contribution >= 4 is 23.0 Å². The minimum atomic E-state index is -0.769. The van der Waals surface area contributed by atoms with Crippen LogP contribution in [0.25, 0.3) is 0 Å². The van der Waals surface area contributed by atoms with E-state index in [1.807, 2.05) is 0 Å². The number of nitrogens with one attached hydrogen (secondary N) is 2.